The zero-order valence-corrected chi connectivity index (χ0v) is 14.8. The number of thiophene rings is 1. The van der Waals surface area contributed by atoms with E-state index in [2.05, 4.69) is 53.7 Å². The van der Waals surface area contributed by atoms with Crippen molar-refractivity contribution < 1.29 is 0 Å². The first-order chi connectivity index (χ1) is 10.2. The van der Waals surface area contributed by atoms with Crippen molar-refractivity contribution in [1.29, 1.82) is 0 Å². The highest BCUT2D eigenvalue weighted by atomic mass is 32.2. The predicted molar refractivity (Wildman–Crippen MR) is 97.0 cm³/mol. The molecule has 0 bridgehead atoms. The van der Waals surface area contributed by atoms with Crippen LogP contribution in [0.2, 0.25) is 0 Å². The number of nitrogens with zero attached hydrogens (tertiary/aromatic N) is 2. The second-order valence-electron chi connectivity index (χ2n) is 4.97. The molecule has 0 aliphatic heterocycles. The topological polar surface area (TPSA) is 49.8 Å². The first-order valence-corrected chi connectivity index (χ1v) is 9.59. The van der Waals surface area contributed by atoms with E-state index < -0.39 is 0 Å². The fourth-order valence-corrected chi connectivity index (χ4v) is 3.35. The Morgan fingerprint density at radius 2 is 2.10 bits per heavy atom. The quantitative estimate of drug-likeness (QED) is 0.760. The van der Waals surface area contributed by atoms with Crippen LogP contribution < -0.4 is 10.6 Å². The van der Waals surface area contributed by atoms with E-state index in [-0.39, 0.29) is 0 Å². The Bertz CT molecular complexity index is 582. The third-order valence-corrected chi connectivity index (χ3v) is 5.59. The third-order valence-electron chi connectivity index (χ3n) is 3.37. The number of aryl methyl sites for hydroxylation is 1. The van der Waals surface area contributed by atoms with E-state index in [0.717, 1.165) is 47.9 Å². The van der Waals surface area contributed by atoms with E-state index >= 15 is 0 Å². The Hall–Kier alpha value is -1.01. The Morgan fingerprint density at radius 1 is 1.29 bits per heavy atom. The zero-order chi connectivity index (χ0) is 15.2. The lowest BCUT2D eigenvalue weighted by Gasteiger charge is -2.11. The van der Waals surface area contributed by atoms with E-state index in [0.29, 0.717) is 5.25 Å². The van der Waals surface area contributed by atoms with E-state index in [9.17, 15) is 0 Å². The third kappa shape index (κ3) is 4.23. The van der Waals surface area contributed by atoms with Gasteiger partial charge in [-0.1, -0.05) is 13.8 Å². The molecule has 2 aromatic rings. The molecule has 0 aliphatic rings. The molecule has 0 spiro atoms. The first-order valence-electron chi connectivity index (χ1n) is 7.48. The molecular formula is C15H24N4S2. The summed E-state index contributed by atoms with van der Waals surface area (Å²) < 4.78 is 0. The Morgan fingerprint density at radius 3 is 2.76 bits per heavy atom. The molecule has 0 fully saturated rings. The van der Waals surface area contributed by atoms with Gasteiger partial charge in [-0.05, 0) is 32.1 Å². The monoisotopic (exact) mass is 324 g/mol. The molecule has 21 heavy (non-hydrogen) atoms. The predicted octanol–water partition coefficient (Wildman–Crippen LogP) is 4.24. The summed E-state index contributed by atoms with van der Waals surface area (Å²) in [5, 5.41) is 8.52. The van der Waals surface area contributed by atoms with Gasteiger partial charge in [0.1, 0.15) is 10.6 Å². The van der Waals surface area contributed by atoms with Crippen LogP contribution in [0.5, 0.6) is 0 Å². The van der Waals surface area contributed by atoms with Crippen LogP contribution in [0.25, 0.3) is 10.2 Å². The molecule has 2 rings (SSSR count). The average Bonchev–Trinajstić information content (AvgIpc) is 2.90. The molecule has 1 unspecified atom stereocenters. The second kappa shape index (κ2) is 7.84. The minimum atomic E-state index is 0.664. The van der Waals surface area contributed by atoms with Gasteiger partial charge in [0.25, 0.3) is 0 Å². The number of aromatic nitrogens is 2. The molecule has 116 valence electrons. The van der Waals surface area contributed by atoms with Crippen molar-refractivity contribution in [2.75, 3.05) is 30.0 Å². The van der Waals surface area contributed by atoms with E-state index in [4.69, 9.17) is 0 Å². The number of fused-ring (bicyclic) bond motifs is 1. The molecule has 0 aliphatic carbocycles. The van der Waals surface area contributed by atoms with Crippen LogP contribution >= 0.6 is 23.1 Å². The molecular weight excluding hydrogens is 300 g/mol. The van der Waals surface area contributed by atoms with Gasteiger partial charge in [-0.25, -0.2) is 4.98 Å². The molecule has 2 heterocycles. The minimum Gasteiger partial charge on any atom is -0.369 e. The summed E-state index contributed by atoms with van der Waals surface area (Å²) in [4.78, 5) is 11.7. The molecule has 1 atom stereocenters. The SMILES string of the molecule is CCNc1nc(NCCC(C)SC)c2cc(CC)sc2n1. The Kier molecular flexibility index (Phi) is 6.11. The first kappa shape index (κ1) is 16.4. The summed E-state index contributed by atoms with van der Waals surface area (Å²) in [5.41, 5.74) is 0. The summed E-state index contributed by atoms with van der Waals surface area (Å²) in [6, 6.07) is 2.22. The maximum atomic E-state index is 4.63. The molecule has 0 radical (unpaired) electrons. The summed E-state index contributed by atoms with van der Waals surface area (Å²) >= 11 is 3.66. The van der Waals surface area contributed by atoms with Crippen molar-refractivity contribution in [3.05, 3.63) is 10.9 Å². The number of thioether (sulfide) groups is 1. The van der Waals surface area contributed by atoms with Crippen LogP contribution in [0.1, 0.15) is 32.1 Å². The Balaban J connectivity index is 2.23. The molecule has 2 N–H and O–H groups in total. The van der Waals surface area contributed by atoms with Crippen molar-refractivity contribution >= 4 is 45.1 Å². The van der Waals surface area contributed by atoms with Gasteiger partial charge in [0.2, 0.25) is 5.95 Å². The maximum absolute atomic E-state index is 4.63. The number of rotatable bonds is 8. The van der Waals surface area contributed by atoms with E-state index in [1.165, 1.54) is 4.88 Å². The number of hydrogen-bond acceptors (Lipinski definition) is 6. The van der Waals surface area contributed by atoms with Crippen LogP contribution in [-0.4, -0.2) is 34.6 Å². The van der Waals surface area contributed by atoms with Gasteiger partial charge in [0.15, 0.2) is 0 Å². The lowest BCUT2D eigenvalue weighted by molar-refractivity contribution is 0.850. The highest BCUT2D eigenvalue weighted by molar-refractivity contribution is 7.99. The van der Waals surface area contributed by atoms with Crippen LogP contribution in [0.4, 0.5) is 11.8 Å². The van der Waals surface area contributed by atoms with Gasteiger partial charge in [-0.15, -0.1) is 11.3 Å². The van der Waals surface area contributed by atoms with Crippen molar-refractivity contribution in [1.82, 2.24) is 9.97 Å². The van der Waals surface area contributed by atoms with Gasteiger partial charge >= 0.3 is 0 Å². The van der Waals surface area contributed by atoms with Crippen LogP contribution in [0.15, 0.2) is 6.07 Å². The summed E-state index contributed by atoms with van der Waals surface area (Å²) in [5.74, 6) is 1.68. The minimum absolute atomic E-state index is 0.664. The van der Waals surface area contributed by atoms with Gasteiger partial charge in [-0.3, -0.25) is 0 Å². The fraction of sp³-hybridized carbons (Fsp3) is 0.600. The molecule has 4 nitrogen and oxygen atoms in total. The lowest BCUT2D eigenvalue weighted by Crippen LogP contribution is -2.10. The average molecular weight is 325 g/mol. The smallest absolute Gasteiger partial charge is 0.226 e. The number of hydrogen-bond donors (Lipinski definition) is 2. The lowest BCUT2D eigenvalue weighted by atomic mass is 10.3. The molecule has 0 aromatic carbocycles. The second-order valence-corrected chi connectivity index (χ2v) is 7.36. The maximum Gasteiger partial charge on any atom is 0.226 e. The van der Waals surface area contributed by atoms with Gasteiger partial charge in [-0.2, -0.15) is 16.7 Å². The van der Waals surface area contributed by atoms with E-state index in [1.54, 1.807) is 11.3 Å². The van der Waals surface area contributed by atoms with Crippen molar-refractivity contribution in [2.24, 2.45) is 0 Å². The van der Waals surface area contributed by atoms with Crippen LogP contribution in [-0.2, 0) is 6.42 Å². The molecule has 0 amide bonds. The van der Waals surface area contributed by atoms with Crippen molar-refractivity contribution in [3.8, 4) is 0 Å². The van der Waals surface area contributed by atoms with E-state index in [1.807, 2.05) is 11.8 Å². The summed E-state index contributed by atoms with van der Waals surface area (Å²) in [6.45, 7) is 8.27. The number of nitrogens with one attached hydrogen (secondary N) is 2. The standard InChI is InChI=1S/C15H24N4S2/c1-5-11-9-12-13(17-8-7-10(3)20-4)18-15(16-6-2)19-14(12)21-11/h9-10H,5-8H2,1-4H3,(H2,16,17,18,19). The van der Waals surface area contributed by atoms with Crippen molar-refractivity contribution in [3.63, 3.8) is 0 Å². The molecule has 2 aromatic heterocycles. The van der Waals surface area contributed by atoms with Crippen molar-refractivity contribution in [2.45, 2.75) is 38.9 Å². The fourth-order valence-electron chi connectivity index (χ4n) is 2.03. The summed E-state index contributed by atoms with van der Waals surface area (Å²) in [7, 11) is 0. The van der Waals surface area contributed by atoms with Gasteiger partial charge in [0.05, 0.1) is 5.39 Å². The zero-order valence-electron chi connectivity index (χ0n) is 13.2. The van der Waals surface area contributed by atoms with Gasteiger partial charge < -0.3 is 10.6 Å². The Labute approximate surface area is 135 Å². The molecule has 0 saturated heterocycles. The molecule has 6 heteroatoms. The van der Waals surface area contributed by atoms with Crippen LogP contribution in [0, 0.1) is 0 Å². The normalized spacial score (nSPS) is 12.6. The highest BCUT2D eigenvalue weighted by Crippen LogP contribution is 2.30. The highest BCUT2D eigenvalue weighted by Gasteiger charge is 2.11. The summed E-state index contributed by atoms with van der Waals surface area (Å²) in [6.07, 6.45) is 4.33. The molecule has 0 saturated carbocycles. The van der Waals surface area contributed by atoms with Gasteiger partial charge in [0, 0.05) is 23.2 Å². The number of anilines is 2. The van der Waals surface area contributed by atoms with Crippen LogP contribution in [0.3, 0.4) is 0 Å². The largest absolute Gasteiger partial charge is 0.369 e.